The number of benzene rings is 2. The van der Waals surface area contributed by atoms with Gasteiger partial charge in [0, 0.05) is 24.8 Å². The van der Waals surface area contributed by atoms with Gasteiger partial charge in [-0.1, -0.05) is 23.7 Å². The third-order valence-corrected chi connectivity index (χ3v) is 7.02. The van der Waals surface area contributed by atoms with Crippen molar-refractivity contribution in [3.05, 3.63) is 53.7 Å². The van der Waals surface area contributed by atoms with Crippen molar-refractivity contribution >= 4 is 57.5 Å². The van der Waals surface area contributed by atoms with E-state index in [2.05, 4.69) is 31.6 Å². The van der Waals surface area contributed by atoms with E-state index >= 15 is 0 Å². The second kappa shape index (κ2) is 11.0. The second-order valence-electron chi connectivity index (χ2n) is 8.01. The lowest BCUT2D eigenvalue weighted by atomic mass is 10.1. The second-order valence-corrected chi connectivity index (χ2v) is 9.81. The molecule has 1 unspecified atom stereocenters. The quantitative estimate of drug-likeness (QED) is 0.400. The molecule has 1 atom stereocenters. The first-order chi connectivity index (χ1) is 16.5. The van der Waals surface area contributed by atoms with Crippen molar-refractivity contribution in [2.24, 2.45) is 0 Å². The predicted molar refractivity (Wildman–Crippen MR) is 142 cm³/mol. The van der Waals surface area contributed by atoms with Crippen molar-refractivity contribution in [3.8, 4) is 5.75 Å². The molecule has 0 spiro atoms. The van der Waals surface area contributed by atoms with E-state index in [9.17, 15) is 4.55 Å². The Bertz CT molecular complexity index is 1130. The van der Waals surface area contributed by atoms with Gasteiger partial charge in [0.05, 0.1) is 43.1 Å². The minimum absolute atomic E-state index is 0.369. The molecule has 10 heteroatoms. The summed E-state index contributed by atoms with van der Waals surface area (Å²) in [5.41, 5.74) is 3.41. The summed E-state index contributed by atoms with van der Waals surface area (Å²) in [6.07, 6.45) is 6.88. The minimum atomic E-state index is -1.18. The Hall–Kier alpha value is -2.88. The number of methoxy groups -OCH3 is 1. The number of aromatic nitrogens is 2. The van der Waals surface area contributed by atoms with Crippen LogP contribution in [0.15, 0.2) is 48.7 Å². The van der Waals surface area contributed by atoms with Crippen molar-refractivity contribution in [1.82, 2.24) is 9.97 Å². The average molecular weight is 501 g/mol. The largest absolute Gasteiger partial charge is 0.593 e. The number of nitrogens with one attached hydrogen (secondary N) is 2. The monoisotopic (exact) mass is 500 g/mol. The summed E-state index contributed by atoms with van der Waals surface area (Å²) in [5, 5.41) is 6.85. The Morgan fingerprint density at radius 1 is 1.09 bits per heavy atom. The van der Waals surface area contributed by atoms with Crippen LogP contribution in [-0.2, 0) is 11.4 Å². The zero-order valence-corrected chi connectivity index (χ0v) is 21.1. The molecular formula is C24H29ClN6O2S. The first kappa shape index (κ1) is 24.3. The molecule has 0 saturated carbocycles. The van der Waals surface area contributed by atoms with E-state index in [1.165, 1.54) is 25.5 Å². The molecule has 0 bridgehead atoms. The van der Waals surface area contributed by atoms with Crippen molar-refractivity contribution in [1.29, 1.82) is 0 Å². The molecule has 2 N–H and O–H groups in total. The summed E-state index contributed by atoms with van der Waals surface area (Å²) in [5.74, 6) is 1.53. The number of hydrogen-bond donors (Lipinski definition) is 2. The van der Waals surface area contributed by atoms with Gasteiger partial charge in [0.15, 0.2) is 5.82 Å². The smallest absolute Gasteiger partial charge is 0.229 e. The standard InChI is InChI=1S/C24H29ClN6O2S/c1-30(34(3)32)21-10-6-5-9-19(21)27-23-18(25)16-26-24(29-23)28-20-12-11-17(15-22(20)33-2)31-13-7-4-8-14-31/h5-6,9-12,15-16H,4,7-8,13-14H2,1-3H3,(H2,26,27,28,29). The molecule has 2 heterocycles. The Kier molecular flexibility index (Phi) is 7.87. The molecule has 1 fully saturated rings. The lowest BCUT2D eigenvalue weighted by molar-refractivity contribution is 0.416. The van der Waals surface area contributed by atoms with E-state index in [0.717, 1.165) is 35.8 Å². The number of nitrogens with zero attached hydrogens (tertiary/aromatic N) is 4. The van der Waals surface area contributed by atoms with Crippen molar-refractivity contribution < 1.29 is 9.29 Å². The van der Waals surface area contributed by atoms with E-state index in [1.54, 1.807) is 24.7 Å². The molecule has 1 aliphatic rings. The van der Waals surface area contributed by atoms with Crippen LogP contribution in [0.3, 0.4) is 0 Å². The summed E-state index contributed by atoms with van der Waals surface area (Å²) in [6.45, 7) is 2.13. The zero-order valence-electron chi connectivity index (χ0n) is 19.5. The Balaban J connectivity index is 1.56. The van der Waals surface area contributed by atoms with Crippen molar-refractivity contribution in [2.45, 2.75) is 19.3 Å². The lowest BCUT2D eigenvalue weighted by Crippen LogP contribution is -2.29. The summed E-state index contributed by atoms with van der Waals surface area (Å²) in [7, 11) is 3.42. The van der Waals surface area contributed by atoms with Crippen LogP contribution in [0, 0.1) is 0 Å². The van der Waals surface area contributed by atoms with Gasteiger partial charge in [-0.05, 0) is 43.5 Å². The van der Waals surface area contributed by atoms with Crippen LogP contribution in [0.5, 0.6) is 5.75 Å². The first-order valence-corrected chi connectivity index (χ1v) is 13.0. The molecule has 0 aliphatic carbocycles. The number of piperidine rings is 1. The molecule has 2 aromatic carbocycles. The van der Waals surface area contributed by atoms with Crippen LogP contribution >= 0.6 is 11.6 Å². The number of para-hydroxylation sites is 2. The molecular weight excluding hydrogens is 472 g/mol. The van der Waals surface area contributed by atoms with Crippen LogP contribution in [0.1, 0.15) is 19.3 Å². The van der Waals surface area contributed by atoms with E-state index in [1.807, 2.05) is 36.4 Å². The molecule has 1 saturated heterocycles. The van der Waals surface area contributed by atoms with Crippen LogP contribution in [0.4, 0.5) is 34.5 Å². The highest BCUT2D eigenvalue weighted by atomic mass is 35.5. The van der Waals surface area contributed by atoms with Crippen LogP contribution in [0.2, 0.25) is 5.02 Å². The average Bonchev–Trinajstić information content (AvgIpc) is 2.86. The zero-order chi connectivity index (χ0) is 24.1. The van der Waals surface area contributed by atoms with E-state index in [4.69, 9.17) is 16.3 Å². The van der Waals surface area contributed by atoms with Crippen LogP contribution in [-0.4, -0.2) is 48.0 Å². The normalized spacial score (nSPS) is 14.4. The predicted octanol–water partition coefficient (Wildman–Crippen LogP) is 5.35. The minimum Gasteiger partial charge on any atom is -0.593 e. The first-order valence-electron chi connectivity index (χ1n) is 11.1. The van der Waals surface area contributed by atoms with Crippen LogP contribution < -0.4 is 24.6 Å². The Labute approximate surface area is 208 Å². The van der Waals surface area contributed by atoms with Gasteiger partial charge in [0.2, 0.25) is 5.95 Å². The summed E-state index contributed by atoms with van der Waals surface area (Å²) < 4.78 is 19.3. The van der Waals surface area contributed by atoms with Gasteiger partial charge in [-0.25, -0.2) is 4.98 Å². The highest BCUT2D eigenvalue weighted by molar-refractivity contribution is 7.92. The van der Waals surface area contributed by atoms with E-state index in [0.29, 0.717) is 22.5 Å². The van der Waals surface area contributed by atoms with Crippen molar-refractivity contribution in [2.75, 3.05) is 53.3 Å². The van der Waals surface area contributed by atoms with Gasteiger partial charge in [0.1, 0.15) is 22.7 Å². The highest BCUT2D eigenvalue weighted by Crippen LogP contribution is 2.34. The molecule has 3 aromatic rings. The van der Waals surface area contributed by atoms with Gasteiger partial charge < -0.3 is 24.8 Å². The maximum Gasteiger partial charge on any atom is 0.229 e. The SMILES string of the molecule is COc1cc(N2CCCCC2)ccc1Nc1ncc(Cl)c(Nc2ccccc2N(C)[S+](C)[O-])n1. The maximum absolute atomic E-state index is 12.0. The summed E-state index contributed by atoms with van der Waals surface area (Å²) >= 11 is 5.21. The molecule has 180 valence electrons. The van der Waals surface area contributed by atoms with Crippen molar-refractivity contribution in [3.63, 3.8) is 0 Å². The maximum atomic E-state index is 12.0. The number of halogens is 1. The van der Waals surface area contributed by atoms with E-state index < -0.39 is 11.4 Å². The molecule has 1 aromatic heterocycles. The fourth-order valence-corrected chi connectivity index (χ4v) is 4.46. The molecule has 8 nitrogen and oxygen atoms in total. The van der Waals surface area contributed by atoms with Gasteiger partial charge >= 0.3 is 0 Å². The number of anilines is 6. The Morgan fingerprint density at radius 2 is 1.85 bits per heavy atom. The van der Waals surface area contributed by atoms with Crippen LogP contribution in [0.25, 0.3) is 0 Å². The highest BCUT2D eigenvalue weighted by Gasteiger charge is 2.17. The molecule has 4 rings (SSSR count). The van der Waals surface area contributed by atoms with Gasteiger partial charge in [-0.3, -0.25) is 0 Å². The molecule has 0 amide bonds. The number of ether oxygens (including phenoxy) is 1. The topological polar surface area (TPSA) is 88.6 Å². The third kappa shape index (κ3) is 5.60. The summed E-state index contributed by atoms with van der Waals surface area (Å²) in [6, 6.07) is 13.6. The number of hydrogen-bond acceptors (Lipinski definition) is 8. The van der Waals surface area contributed by atoms with Gasteiger partial charge in [0.25, 0.3) is 0 Å². The van der Waals surface area contributed by atoms with Gasteiger partial charge in [-0.2, -0.15) is 9.29 Å². The molecule has 1 aliphatic heterocycles. The third-order valence-electron chi connectivity index (χ3n) is 5.78. The lowest BCUT2D eigenvalue weighted by Gasteiger charge is -2.29. The molecule has 0 radical (unpaired) electrons. The molecule has 34 heavy (non-hydrogen) atoms. The van der Waals surface area contributed by atoms with E-state index in [-0.39, 0.29) is 0 Å². The Morgan fingerprint density at radius 3 is 2.59 bits per heavy atom. The number of rotatable bonds is 8. The fraction of sp³-hybridized carbons (Fsp3) is 0.333. The van der Waals surface area contributed by atoms with Gasteiger partial charge in [-0.15, -0.1) is 0 Å². The fourth-order valence-electron chi connectivity index (χ4n) is 3.89. The summed E-state index contributed by atoms with van der Waals surface area (Å²) in [4.78, 5) is 11.3.